The van der Waals surface area contributed by atoms with Crippen molar-refractivity contribution in [2.75, 3.05) is 16.3 Å². The molecule has 0 fully saturated rings. The zero-order chi connectivity index (χ0) is 19.3. The molecule has 6 nitrogen and oxygen atoms in total. The Hall–Kier alpha value is -2.84. The molecule has 0 radical (unpaired) electrons. The number of carbonyl (C=O) groups excluding carboxylic acids is 1. The van der Waals surface area contributed by atoms with Gasteiger partial charge in [-0.15, -0.1) is 11.3 Å². The molecular weight excluding hydrogens is 384 g/mol. The first-order valence-corrected chi connectivity index (χ1v) is 10.8. The number of benzene rings is 2. The standard InChI is InChI=1S/C19H18N2O4S2/c1-27(23,24)21-16-9-7-15(8-10-16)20-19(22)14-4-2-5-17(12-14)25-13-18-6-3-11-26-18/h2-12,21H,13H2,1H3,(H,20,22). The number of sulfonamides is 1. The van der Waals surface area contributed by atoms with Crippen LogP contribution in [0.4, 0.5) is 11.4 Å². The number of anilines is 2. The molecule has 1 heterocycles. The molecule has 0 saturated heterocycles. The van der Waals surface area contributed by atoms with Crippen molar-refractivity contribution in [3.8, 4) is 5.75 Å². The first kappa shape index (κ1) is 18.9. The zero-order valence-electron chi connectivity index (χ0n) is 14.5. The zero-order valence-corrected chi connectivity index (χ0v) is 16.1. The molecule has 1 aromatic heterocycles. The fraction of sp³-hybridized carbons (Fsp3) is 0.105. The lowest BCUT2D eigenvalue weighted by molar-refractivity contribution is 0.102. The van der Waals surface area contributed by atoms with Gasteiger partial charge in [0.15, 0.2) is 0 Å². The second-order valence-electron chi connectivity index (χ2n) is 5.80. The van der Waals surface area contributed by atoms with E-state index in [1.807, 2.05) is 17.5 Å². The SMILES string of the molecule is CS(=O)(=O)Nc1ccc(NC(=O)c2cccc(OCc3cccs3)c2)cc1. The molecule has 1 amide bonds. The summed E-state index contributed by atoms with van der Waals surface area (Å²) in [5.74, 6) is 0.337. The largest absolute Gasteiger partial charge is 0.488 e. The normalized spacial score (nSPS) is 11.0. The molecular formula is C19H18N2O4S2. The maximum atomic E-state index is 12.4. The number of ether oxygens (including phenoxy) is 1. The summed E-state index contributed by atoms with van der Waals surface area (Å²) in [6.45, 7) is 0.456. The van der Waals surface area contributed by atoms with Crippen molar-refractivity contribution in [3.63, 3.8) is 0 Å². The maximum Gasteiger partial charge on any atom is 0.255 e. The topological polar surface area (TPSA) is 84.5 Å². The van der Waals surface area contributed by atoms with Gasteiger partial charge in [-0.2, -0.15) is 0 Å². The number of thiophene rings is 1. The predicted molar refractivity (Wildman–Crippen MR) is 108 cm³/mol. The molecule has 0 atom stereocenters. The molecule has 3 aromatic rings. The van der Waals surface area contributed by atoms with Crippen molar-refractivity contribution in [1.82, 2.24) is 0 Å². The Morgan fingerprint density at radius 2 is 1.78 bits per heavy atom. The van der Waals surface area contributed by atoms with Crippen LogP contribution >= 0.6 is 11.3 Å². The van der Waals surface area contributed by atoms with Crippen molar-refractivity contribution in [3.05, 3.63) is 76.5 Å². The molecule has 8 heteroatoms. The van der Waals surface area contributed by atoms with Crippen LogP contribution < -0.4 is 14.8 Å². The molecule has 2 aromatic carbocycles. The lowest BCUT2D eigenvalue weighted by Crippen LogP contribution is -2.12. The van der Waals surface area contributed by atoms with Crippen molar-refractivity contribution < 1.29 is 17.9 Å². The van der Waals surface area contributed by atoms with Crippen LogP contribution in [0.2, 0.25) is 0 Å². The number of amides is 1. The average molecular weight is 402 g/mol. The van der Waals surface area contributed by atoms with Crippen molar-refractivity contribution in [1.29, 1.82) is 0 Å². The maximum absolute atomic E-state index is 12.4. The van der Waals surface area contributed by atoms with Gasteiger partial charge in [-0.1, -0.05) is 12.1 Å². The van der Waals surface area contributed by atoms with Crippen LogP contribution in [0.3, 0.4) is 0 Å². The van der Waals surface area contributed by atoms with Gasteiger partial charge in [0.05, 0.1) is 6.26 Å². The molecule has 0 bridgehead atoms. The van der Waals surface area contributed by atoms with Gasteiger partial charge in [-0.25, -0.2) is 8.42 Å². The number of hydrogen-bond donors (Lipinski definition) is 2. The van der Waals surface area contributed by atoms with Gasteiger partial charge < -0.3 is 10.1 Å². The second-order valence-corrected chi connectivity index (χ2v) is 8.58. The van der Waals surface area contributed by atoms with Crippen LogP contribution in [0.15, 0.2) is 66.0 Å². The molecule has 3 rings (SSSR count). The lowest BCUT2D eigenvalue weighted by atomic mass is 10.2. The highest BCUT2D eigenvalue weighted by atomic mass is 32.2. The van der Waals surface area contributed by atoms with Gasteiger partial charge in [0, 0.05) is 21.8 Å². The molecule has 27 heavy (non-hydrogen) atoms. The molecule has 0 spiro atoms. The van der Waals surface area contributed by atoms with E-state index in [0.717, 1.165) is 11.1 Å². The summed E-state index contributed by atoms with van der Waals surface area (Å²) in [6.07, 6.45) is 1.08. The van der Waals surface area contributed by atoms with Crippen LogP contribution in [0.1, 0.15) is 15.2 Å². The molecule has 140 valence electrons. The van der Waals surface area contributed by atoms with Gasteiger partial charge in [-0.3, -0.25) is 9.52 Å². The van der Waals surface area contributed by atoms with Crippen LogP contribution in [0.5, 0.6) is 5.75 Å². The highest BCUT2D eigenvalue weighted by Crippen LogP contribution is 2.19. The van der Waals surface area contributed by atoms with Crippen LogP contribution in [-0.4, -0.2) is 20.6 Å². The molecule has 0 aliphatic heterocycles. The first-order chi connectivity index (χ1) is 12.9. The highest BCUT2D eigenvalue weighted by molar-refractivity contribution is 7.92. The summed E-state index contributed by atoms with van der Waals surface area (Å²) in [7, 11) is -3.33. The Balaban J connectivity index is 1.63. The van der Waals surface area contributed by atoms with Gasteiger partial charge >= 0.3 is 0 Å². The Bertz CT molecular complexity index is 1010. The summed E-state index contributed by atoms with van der Waals surface area (Å²) in [5, 5.41) is 4.76. The van der Waals surface area contributed by atoms with E-state index >= 15 is 0 Å². The van der Waals surface area contributed by atoms with Crippen LogP contribution in [0, 0.1) is 0 Å². The van der Waals surface area contributed by atoms with E-state index in [4.69, 9.17) is 4.74 Å². The first-order valence-electron chi connectivity index (χ1n) is 8.03. The summed E-state index contributed by atoms with van der Waals surface area (Å²) in [4.78, 5) is 13.5. The van der Waals surface area contributed by atoms with Gasteiger partial charge in [0.1, 0.15) is 12.4 Å². The third-order valence-electron chi connectivity index (χ3n) is 3.50. The predicted octanol–water partition coefficient (Wildman–Crippen LogP) is 3.95. The van der Waals surface area contributed by atoms with E-state index in [0.29, 0.717) is 29.3 Å². The van der Waals surface area contributed by atoms with Gasteiger partial charge in [0.2, 0.25) is 10.0 Å². The monoisotopic (exact) mass is 402 g/mol. The fourth-order valence-corrected chi connectivity index (χ4v) is 3.50. The van der Waals surface area contributed by atoms with Crippen molar-refractivity contribution in [2.45, 2.75) is 6.61 Å². The lowest BCUT2D eigenvalue weighted by Gasteiger charge is -2.09. The Labute approximate surface area is 161 Å². The van der Waals surface area contributed by atoms with Crippen LogP contribution in [0.25, 0.3) is 0 Å². The van der Waals surface area contributed by atoms with Crippen molar-refractivity contribution >= 4 is 38.6 Å². The fourth-order valence-electron chi connectivity index (χ4n) is 2.32. The molecule has 0 unspecified atom stereocenters. The van der Waals surface area contributed by atoms with Gasteiger partial charge in [0.25, 0.3) is 5.91 Å². The number of rotatable bonds is 7. The highest BCUT2D eigenvalue weighted by Gasteiger charge is 2.08. The summed E-state index contributed by atoms with van der Waals surface area (Å²) < 4.78 is 30.5. The molecule has 0 aliphatic carbocycles. The van der Waals surface area contributed by atoms with E-state index in [2.05, 4.69) is 10.0 Å². The van der Waals surface area contributed by atoms with E-state index in [1.165, 1.54) is 0 Å². The number of hydrogen-bond acceptors (Lipinski definition) is 5. The summed E-state index contributed by atoms with van der Waals surface area (Å²) >= 11 is 1.61. The van der Waals surface area contributed by atoms with Gasteiger partial charge in [-0.05, 0) is 53.9 Å². The quantitative estimate of drug-likeness (QED) is 0.627. The Morgan fingerprint density at radius 1 is 1.04 bits per heavy atom. The smallest absolute Gasteiger partial charge is 0.255 e. The summed E-state index contributed by atoms with van der Waals surface area (Å²) in [5.41, 5.74) is 1.46. The summed E-state index contributed by atoms with van der Waals surface area (Å²) in [6, 6.07) is 17.3. The average Bonchev–Trinajstić information content (AvgIpc) is 3.14. The molecule has 0 saturated carbocycles. The third-order valence-corrected chi connectivity index (χ3v) is 4.96. The van der Waals surface area contributed by atoms with E-state index in [9.17, 15) is 13.2 Å². The molecule has 2 N–H and O–H groups in total. The Morgan fingerprint density at radius 3 is 2.44 bits per heavy atom. The minimum Gasteiger partial charge on any atom is -0.488 e. The second kappa shape index (κ2) is 8.24. The van der Waals surface area contributed by atoms with Crippen LogP contribution in [-0.2, 0) is 16.6 Å². The Kier molecular flexibility index (Phi) is 5.78. The number of nitrogens with one attached hydrogen (secondary N) is 2. The minimum atomic E-state index is -3.33. The van der Waals surface area contributed by atoms with E-state index in [1.54, 1.807) is 59.9 Å². The molecule has 0 aliphatic rings. The van der Waals surface area contributed by atoms with E-state index in [-0.39, 0.29) is 5.91 Å². The van der Waals surface area contributed by atoms with Crippen molar-refractivity contribution in [2.24, 2.45) is 0 Å². The number of carbonyl (C=O) groups is 1. The third kappa shape index (κ3) is 5.83. The van der Waals surface area contributed by atoms with E-state index < -0.39 is 10.0 Å². The minimum absolute atomic E-state index is 0.277.